The molecule has 1 unspecified atom stereocenters. The van der Waals surface area contributed by atoms with Gasteiger partial charge >= 0.3 is 0 Å². The molecule has 0 amide bonds. The average molecular weight is 329 g/mol. The molecule has 0 saturated carbocycles. The van der Waals surface area contributed by atoms with Crippen LogP contribution in [0.15, 0.2) is 30.7 Å². The van der Waals surface area contributed by atoms with E-state index in [-0.39, 0.29) is 0 Å². The zero-order chi connectivity index (χ0) is 16.9. The molecule has 0 aliphatic carbocycles. The Morgan fingerprint density at radius 3 is 2.75 bits per heavy atom. The summed E-state index contributed by atoms with van der Waals surface area (Å²) in [6.07, 6.45) is 6.40. The second-order valence-corrected chi connectivity index (χ2v) is 6.48. The van der Waals surface area contributed by atoms with Crippen LogP contribution in [-0.2, 0) is 19.5 Å². The van der Waals surface area contributed by atoms with E-state index in [9.17, 15) is 0 Å². The summed E-state index contributed by atoms with van der Waals surface area (Å²) < 4.78 is 12.9. The van der Waals surface area contributed by atoms with Gasteiger partial charge in [-0.3, -0.25) is 4.90 Å². The zero-order valence-corrected chi connectivity index (χ0v) is 14.9. The Bertz CT molecular complexity index is 668. The molecule has 5 heteroatoms. The Morgan fingerprint density at radius 1 is 1.21 bits per heavy atom. The molecular weight excluding hydrogens is 302 g/mol. The minimum absolute atomic E-state index is 0.691. The molecule has 1 aromatic carbocycles. The first kappa shape index (κ1) is 16.8. The van der Waals surface area contributed by atoms with Gasteiger partial charge in [-0.05, 0) is 49.9 Å². The lowest BCUT2D eigenvalue weighted by molar-refractivity contribution is 0.312. The normalized spacial score (nSPS) is 18.0. The molecule has 0 spiro atoms. The van der Waals surface area contributed by atoms with Gasteiger partial charge in [0.2, 0.25) is 0 Å². The first-order valence-electron chi connectivity index (χ1n) is 8.65. The van der Waals surface area contributed by atoms with Gasteiger partial charge in [-0.1, -0.05) is 6.07 Å². The molecule has 0 radical (unpaired) electrons. The zero-order valence-electron chi connectivity index (χ0n) is 14.9. The number of ether oxygens (including phenoxy) is 2. The van der Waals surface area contributed by atoms with Crippen LogP contribution < -0.4 is 9.47 Å². The monoisotopic (exact) mass is 329 g/mol. The predicted octanol–water partition coefficient (Wildman–Crippen LogP) is 2.98. The van der Waals surface area contributed by atoms with E-state index in [1.54, 1.807) is 14.2 Å². The van der Waals surface area contributed by atoms with Crippen LogP contribution in [0.1, 0.15) is 24.6 Å². The minimum Gasteiger partial charge on any atom is -0.493 e. The largest absolute Gasteiger partial charge is 0.493 e. The quantitative estimate of drug-likeness (QED) is 0.783. The minimum atomic E-state index is 0.691. The van der Waals surface area contributed by atoms with E-state index >= 15 is 0 Å². The van der Waals surface area contributed by atoms with Crippen LogP contribution in [0.2, 0.25) is 0 Å². The molecule has 0 N–H and O–H groups in total. The number of methoxy groups -OCH3 is 2. The first-order valence-corrected chi connectivity index (χ1v) is 8.65. The molecule has 1 fully saturated rings. The molecule has 1 atom stereocenters. The number of aromatic nitrogens is 2. The van der Waals surface area contributed by atoms with E-state index in [1.165, 1.54) is 17.7 Å². The van der Waals surface area contributed by atoms with Crippen molar-refractivity contribution in [1.29, 1.82) is 0 Å². The van der Waals surface area contributed by atoms with Crippen LogP contribution in [0, 0.1) is 5.92 Å². The van der Waals surface area contributed by atoms with Gasteiger partial charge in [-0.2, -0.15) is 0 Å². The van der Waals surface area contributed by atoms with Crippen molar-refractivity contribution in [3.8, 4) is 11.5 Å². The highest BCUT2D eigenvalue weighted by molar-refractivity contribution is 5.43. The van der Waals surface area contributed by atoms with Crippen molar-refractivity contribution in [2.45, 2.75) is 32.9 Å². The van der Waals surface area contributed by atoms with Crippen LogP contribution in [0.4, 0.5) is 0 Å². The van der Waals surface area contributed by atoms with Crippen LogP contribution in [0.5, 0.6) is 11.5 Å². The van der Waals surface area contributed by atoms with Crippen molar-refractivity contribution < 1.29 is 9.47 Å². The molecule has 130 valence electrons. The highest BCUT2D eigenvalue weighted by atomic mass is 16.5. The number of aryl methyl sites for hydroxylation is 1. The number of hydrogen-bond donors (Lipinski definition) is 0. The van der Waals surface area contributed by atoms with E-state index in [4.69, 9.17) is 9.47 Å². The van der Waals surface area contributed by atoms with E-state index < -0.39 is 0 Å². The third-order valence-corrected chi connectivity index (χ3v) is 4.78. The second kappa shape index (κ2) is 7.71. The number of nitrogens with zero attached hydrogens (tertiary/aromatic N) is 3. The molecule has 0 bridgehead atoms. The van der Waals surface area contributed by atoms with Gasteiger partial charge in [0.25, 0.3) is 0 Å². The Kier molecular flexibility index (Phi) is 5.41. The molecular formula is C19H27N3O2. The highest BCUT2D eigenvalue weighted by Crippen LogP contribution is 2.30. The summed E-state index contributed by atoms with van der Waals surface area (Å²) in [6, 6.07) is 6.25. The maximum Gasteiger partial charge on any atom is 0.160 e. The summed E-state index contributed by atoms with van der Waals surface area (Å²) in [5, 5.41) is 0. The SMILES string of the molecule is CCn1cnc(CN2CCC(Cc3ccc(OC)c(OC)c3)C2)c1. The summed E-state index contributed by atoms with van der Waals surface area (Å²) in [5.41, 5.74) is 2.48. The topological polar surface area (TPSA) is 39.5 Å². The van der Waals surface area contributed by atoms with Gasteiger partial charge in [-0.25, -0.2) is 4.98 Å². The van der Waals surface area contributed by atoms with Crippen LogP contribution >= 0.6 is 0 Å². The molecule has 1 aliphatic heterocycles. The molecule has 3 rings (SSSR count). The van der Waals surface area contributed by atoms with Gasteiger partial charge in [0, 0.05) is 25.8 Å². The van der Waals surface area contributed by atoms with E-state index in [1.807, 2.05) is 12.4 Å². The van der Waals surface area contributed by atoms with Gasteiger partial charge in [0.1, 0.15) is 0 Å². The number of rotatable bonds is 7. The Labute approximate surface area is 144 Å². The first-order chi connectivity index (χ1) is 11.7. The van der Waals surface area contributed by atoms with Crippen molar-refractivity contribution in [3.63, 3.8) is 0 Å². The molecule has 1 saturated heterocycles. The van der Waals surface area contributed by atoms with Crippen LogP contribution in [0.25, 0.3) is 0 Å². The average Bonchev–Trinajstić information content (AvgIpc) is 3.24. The Balaban J connectivity index is 1.56. The second-order valence-electron chi connectivity index (χ2n) is 6.48. The molecule has 2 aromatic rings. The Hall–Kier alpha value is -2.01. The van der Waals surface area contributed by atoms with E-state index in [2.05, 4.69) is 39.7 Å². The summed E-state index contributed by atoms with van der Waals surface area (Å²) in [6.45, 7) is 6.36. The van der Waals surface area contributed by atoms with Crippen molar-refractivity contribution in [2.75, 3.05) is 27.3 Å². The lowest BCUT2D eigenvalue weighted by Gasteiger charge is -2.15. The number of hydrogen-bond acceptors (Lipinski definition) is 4. The van der Waals surface area contributed by atoms with E-state index in [0.29, 0.717) is 5.92 Å². The van der Waals surface area contributed by atoms with Crippen molar-refractivity contribution in [3.05, 3.63) is 42.0 Å². The maximum atomic E-state index is 5.41. The fourth-order valence-corrected chi connectivity index (χ4v) is 3.45. The smallest absolute Gasteiger partial charge is 0.160 e. The predicted molar refractivity (Wildman–Crippen MR) is 94.5 cm³/mol. The number of likely N-dealkylation sites (tertiary alicyclic amines) is 1. The maximum absolute atomic E-state index is 5.41. The third-order valence-electron chi connectivity index (χ3n) is 4.78. The van der Waals surface area contributed by atoms with Crippen LogP contribution in [0.3, 0.4) is 0 Å². The lowest BCUT2D eigenvalue weighted by atomic mass is 9.98. The molecule has 1 aromatic heterocycles. The third kappa shape index (κ3) is 3.90. The van der Waals surface area contributed by atoms with Crippen molar-refractivity contribution >= 4 is 0 Å². The van der Waals surface area contributed by atoms with Crippen LogP contribution in [-0.4, -0.2) is 41.8 Å². The summed E-state index contributed by atoms with van der Waals surface area (Å²) in [7, 11) is 3.36. The Morgan fingerprint density at radius 2 is 2.04 bits per heavy atom. The van der Waals surface area contributed by atoms with Gasteiger partial charge in [0.05, 0.1) is 26.2 Å². The summed E-state index contributed by atoms with van der Waals surface area (Å²) in [5.74, 6) is 2.30. The van der Waals surface area contributed by atoms with Gasteiger partial charge < -0.3 is 14.0 Å². The standard InChI is InChI=1S/C19H27N3O2/c1-4-21-12-17(20-14-21)13-22-8-7-16(11-22)9-15-5-6-18(23-2)19(10-15)24-3/h5-6,10,12,14,16H,4,7-9,11,13H2,1-3H3. The van der Waals surface area contributed by atoms with Gasteiger partial charge in [-0.15, -0.1) is 0 Å². The molecule has 5 nitrogen and oxygen atoms in total. The fourth-order valence-electron chi connectivity index (χ4n) is 3.45. The number of benzene rings is 1. The van der Waals surface area contributed by atoms with Crippen molar-refractivity contribution in [1.82, 2.24) is 14.5 Å². The van der Waals surface area contributed by atoms with Gasteiger partial charge in [0.15, 0.2) is 11.5 Å². The summed E-state index contributed by atoms with van der Waals surface area (Å²) in [4.78, 5) is 7.00. The lowest BCUT2D eigenvalue weighted by Crippen LogP contribution is -2.20. The van der Waals surface area contributed by atoms with Crippen molar-refractivity contribution in [2.24, 2.45) is 5.92 Å². The fraction of sp³-hybridized carbons (Fsp3) is 0.526. The molecule has 1 aliphatic rings. The molecule has 24 heavy (non-hydrogen) atoms. The number of imidazole rings is 1. The summed E-state index contributed by atoms with van der Waals surface area (Å²) >= 11 is 0. The molecule has 2 heterocycles. The highest BCUT2D eigenvalue weighted by Gasteiger charge is 2.23. The van der Waals surface area contributed by atoms with E-state index in [0.717, 1.165) is 44.1 Å².